The van der Waals surface area contributed by atoms with Crippen LogP contribution in [0.25, 0.3) is 0 Å². The van der Waals surface area contributed by atoms with Gasteiger partial charge in [0.15, 0.2) is 0 Å². The summed E-state index contributed by atoms with van der Waals surface area (Å²) < 4.78 is 4.66. The van der Waals surface area contributed by atoms with Crippen molar-refractivity contribution in [3.05, 3.63) is 35.9 Å². The van der Waals surface area contributed by atoms with Crippen LogP contribution in [0.5, 0.6) is 0 Å². The number of carbonyl (C=O) groups excluding carboxylic acids is 4. The Kier molecular flexibility index (Phi) is 11.2. The monoisotopic (exact) mass is 392 g/mol. The van der Waals surface area contributed by atoms with Crippen molar-refractivity contribution >= 4 is 23.6 Å². The Morgan fingerprint density at radius 3 is 2.25 bits per heavy atom. The molecule has 0 aromatic heterocycles. The Morgan fingerprint density at radius 1 is 0.964 bits per heavy atom. The van der Waals surface area contributed by atoms with E-state index in [1.54, 1.807) is 0 Å². The zero-order chi connectivity index (χ0) is 20.8. The lowest BCUT2D eigenvalue weighted by atomic mass is 10.0. The largest absolute Gasteiger partial charge is 0.467 e. The number of nitrogens with one attached hydrogen (secondary N) is 2. The van der Waals surface area contributed by atoms with Gasteiger partial charge in [-0.2, -0.15) is 0 Å². The second-order valence-corrected chi connectivity index (χ2v) is 6.48. The number of esters is 1. The smallest absolute Gasteiger partial charge is 0.328 e. The number of hydrogen-bond acceptors (Lipinski definition) is 6. The molecule has 0 spiro atoms. The Bertz CT molecular complexity index is 647. The molecule has 0 aliphatic carbocycles. The molecular weight excluding hydrogens is 364 g/mol. The van der Waals surface area contributed by atoms with Crippen LogP contribution in [-0.4, -0.2) is 41.9 Å². The van der Waals surface area contributed by atoms with Crippen LogP contribution < -0.4 is 10.8 Å². The molecule has 8 nitrogen and oxygen atoms in total. The SMILES string of the molecule is COC(=O)[C@H](CCCC(=O)NO)NC(=O)CCCCC(=O)Cc1ccccc1. The van der Waals surface area contributed by atoms with Gasteiger partial charge in [-0.3, -0.25) is 19.6 Å². The van der Waals surface area contributed by atoms with Crippen molar-refractivity contribution in [3.63, 3.8) is 0 Å². The second kappa shape index (κ2) is 13.4. The van der Waals surface area contributed by atoms with Crippen molar-refractivity contribution in [2.75, 3.05) is 7.11 Å². The van der Waals surface area contributed by atoms with E-state index in [0.717, 1.165) is 5.56 Å². The average molecular weight is 392 g/mol. The van der Waals surface area contributed by atoms with Gasteiger partial charge in [-0.25, -0.2) is 10.3 Å². The lowest BCUT2D eigenvalue weighted by Gasteiger charge is -2.16. The number of ketones is 1. The first-order chi connectivity index (χ1) is 13.5. The molecule has 0 saturated heterocycles. The van der Waals surface area contributed by atoms with Crippen LogP contribution in [0.4, 0.5) is 0 Å². The number of carbonyl (C=O) groups is 4. The number of rotatable bonds is 13. The van der Waals surface area contributed by atoms with Crippen LogP contribution in [0.3, 0.4) is 0 Å². The van der Waals surface area contributed by atoms with Crippen LogP contribution in [0.1, 0.15) is 50.5 Å². The van der Waals surface area contributed by atoms with Gasteiger partial charge in [-0.1, -0.05) is 30.3 Å². The lowest BCUT2D eigenvalue weighted by molar-refractivity contribution is -0.145. The van der Waals surface area contributed by atoms with Crippen molar-refractivity contribution in [1.82, 2.24) is 10.8 Å². The van der Waals surface area contributed by atoms with Crippen molar-refractivity contribution in [2.24, 2.45) is 0 Å². The molecule has 0 bridgehead atoms. The van der Waals surface area contributed by atoms with Gasteiger partial charge in [0.1, 0.15) is 11.8 Å². The first-order valence-corrected chi connectivity index (χ1v) is 9.32. The number of ether oxygens (including phenoxy) is 1. The molecule has 0 radical (unpaired) electrons. The zero-order valence-corrected chi connectivity index (χ0v) is 16.1. The Labute approximate surface area is 164 Å². The maximum atomic E-state index is 12.0. The van der Waals surface area contributed by atoms with E-state index >= 15 is 0 Å². The first-order valence-electron chi connectivity index (χ1n) is 9.32. The lowest BCUT2D eigenvalue weighted by Crippen LogP contribution is -2.41. The summed E-state index contributed by atoms with van der Waals surface area (Å²) in [6, 6.07) is 8.64. The van der Waals surface area contributed by atoms with E-state index in [4.69, 9.17) is 5.21 Å². The van der Waals surface area contributed by atoms with Gasteiger partial charge in [0, 0.05) is 25.7 Å². The molecule has 28 heavy (non-hydrogen) atoms. The van der Waals surface area contributed by atoms with E-state index < -0.39 is 17.9 Å². The zero-order valence-electron chi connectivity index (χ0n) is 16.1. The normalized spacial score (nSPS) is 11.4. The van der Waals surface area contributed by atoms with E-state index in [1.165, 1.54) is 12.6 Å². The van der Waals surface area contributed by atoms with Gasteiger partial charge in [0.2, 0.25) is 11.8 Å². The molecule has 154 valence electrons. The summed E-state index contributed by atoms with van der Waals surface area (Å²) in [5.41, 5.74) is 2.48. The third kappa shape index (κ3) is 9.82. The molecule has 3 N–H and O–H groups in total. The van der Waals surface area contributed by atoms with Gasteiger partial charge in [0.25, 0.3) is 0 Å². The Morgan fingerprint density at radius 2 is 1.61 bits per heavy atom. The number of hydrogen-bond donors (Lipinski definition) is 3. The summed E-state index contributed by atoms with van der Waals surface area (Å²) in [6.07, 6.45) is 2.68. The minimum atomic E-state index is -0.844. The number of benzene rings is 1. The molecule has 0 aliphatic heterocycles. The molecule has 0 heterocycles. The molecule has 2 amide bonds. The molecule has 1 aromatic carbocycles. The maximum Gasteiger partial charge on any atom is 0.328 e. The first kappa shape index (κ1) is 23.3. The van der Waals surface area contributed by atoms with Crippen molar-refractivity contribution in [2.45, 2.75) is 57.4 Å². The molecule has 0 saturated carbocycles. The summed E-state index contributed by atoms with van der Waals surface area (Å²) in [6.45, 7) is 0. The van der Waals surface area contributed by atoms with Gasteiger partial charge in [-0.05, 0) is 31.2 Å². The summed E-state index contributed by atoms with van der Waals surface area (Å²) in [7, 11) is 1.22. The summed E-state index contributed by atoms with van der Waals surface area (Å²) in [4.78, 5) is 46.8. The highest BCUT2D eigenvalue weighted by Gasteiger charge is 2.21. The highest BCUT2D eigenvalue weighted by Crippen LogP contribution is 2.08. The fraction of sp³-hybridized carbons (Fsp3) is 0.500. The van der Waals surface area contributed by atoms with Crippen LogP contribution >= 0.6 is 0 Å². The second-order valence-electron chi connectivity index (χ2n) is 6.48. The number of unbranched alkanes of at least 4 members (excludes halogenated alkanes) is 1. The number of Topliss-reactive ketones (excluding diaryl/α,β-unsaturated/α-hetero) is 1. The fourth-order valence-electron chi connectivity index (χ4n) is 2.70. The molecule has 0 unspecified atom stereocenters. The third-order valence-electron chi connectivity index (χ3n) is 4.20. The van der Waals surface area contributed by atoms with Gasteiger partial charge >= 0.3 is 5.97 Å². The fourth-order valence-corrected chi connectivity index (χ4v) is 2.70. The van der Waals surface area contributed by atoms with Gasteiger partial charge in [0.05, 0.1) is 7.11 Å². The van der Waals surface area contributed by atoms with E-state index in [-0.39, 0.29) is 31.0 Å². The Hall–Kier alpha value is -2.74. The maximum absolute atomic E-state index is 12.0. The predicted molar refractivity (Wildman–Crippen MR) is 101 cm³/mol. The average Bonchev–Trinajstić information content (AvgIpc) is 2.70. The molecule has 0 fully saturated rings. The van der Waals surface area contributed by atoms with Crippen LogP contribution in [0.2, 0.25) is 0 Å². The molecule has 1 atom stereocenters. The third-order valence-corrected chi connectivity index (χ3v) is 4.20. The topological polar surface area (TPSA) is 122 Å². The molecular formula is C20H28N2O6. The molecule has 1 aromatic rings. The molecule has 0 aliphatic rings. The van der Waals surface area contributed by atoms with Gasteiger partial charge in [-0.15, -0.1) is 0 Å². The van der Waals surface area contributed by atoms with Crippen LogP contribution in [0, 0.1) is 0 Å². The summed E-state index contributed by atoms with van der Waals surface area (Å²) in [5.74, 6) is -1.33. The standard InChI is InChI=1S/C20H28N2O6/c1-28-20(26)17(11-7-13-19(25)22-27)21-18(24)12-6-5-10-16(23)14-15-8-3-2-4-9-15/h2-4,8-9,17,27H,5-7,10-14H2,1H3,(H,21,24)(H,22,25)/t17-/m0/s1. The molecule has 1 rings (SSSR count). The van der Waals surface area contributed by atoms with E-state index in [0.29, 0.717) is 32.1 Å². The van der Waals surface area contributed by atoms with E-state index in [9.17, 15) is 19.2 Å². The number of methoxy groups -OCH3 is 1. The van der Waals surface area contributed by atoms with Gasteiger partial charge < -0.3 is 10.1 Å². The van der Waals surface area contributed by atoms with E-state index in [1.807, 2.05) is 30.3 Å². The summed E-state index contributed by atoms with van der Waals surface area (Å²) in [5, 5.41) is 11.1. The van der Waals surface area contributed by atoms with E-state index in [2.05, 4.69) is 10.1 Å². The van der Waals surface area contributed by atoms with Crippen molar-refractivity contribution in [1.29, 1.82) is 0 Å². The highest BCUT2D eigenvalue weighted by atomic mass is 16.5. The van der Waals surface area contributed by atoms with Crippen LogP contribution in [0.15, 0.2) is 30.3 Å². The van der Waals surface area contributed by atoms with Crippen molar-refractivity contribution < 1.29 is 29.1 Å². The summed E-state index contributed by atoms with van der Waals surface area (Å²) >= 11 is 0. The van der Waals surface area contributed by atoms with Crippen molar-refractivity contribution in [3.8, 4) is 0 Å². The quantitative estimate of drug-likeness (QED) is 0.203. The minimum Gasteiger partial charge on any atom is -0.467 e. The molecule has 8 heteroatoms. The minimum absolute atomic E-state index is 0.0311. The highest BCUT2D eigenvalue weighted by molar-refractivity contribution is 5.84. The predicted octanol–water partition coefficient (Wildman–Crippen LogP) is 1.69. The number of hydroxylamine groups is 1. The van der Waals surface area contributed by atoms with Crippen LogP contribution in [-0.2, 0) is 30.3 Å². The number of amides is 2. The Balaban J connectivity index is 2.28.